The van der Waals surface area contributed by atoms with Crippen LogP contribution in [-0.2, 0) is 24.3 Å². The molecule has 0 aromatic carbocycles. The van der Waals surface area contributed by atoms with Crippen LogP contribution < -0.4 is 10.6 Å². The smallest absolute Gasteiger partial charge is 0.254 e. The zero-order valence-corrected chi connectivity index (χ0v) is 17.5. The fourth-order valence-corrected chi connectivity index (χ4v) is 4.96. The second kappa shape index (κ2) is 8.62. The first-order chi connectivity index (χ1) is 13.3. The number of piperazine rings is 1. The largest absolute Gasteiger partial charge is 0.361 e. The lowest BCUT2D eigenvalue weighted by molar-refractivity contribution is -0.163. The van der Waals surface area contributed by atoms with Crippen molar-refractivity contribution in [2.75, 3.05) is 78.3 Å². The number of sulfonamides is 1. The molecule has 2 amide bonds. The normalized spacial score (nSPS) is 30.5. The van der Waals surface area contributed by atoms with E-state index in [0.717, 1.165) is 49.8 Å². The Morgan fingerprint density at radius 1 is 1.29 bits per heavy atom. The van der Waals surface area contributed by atoms with Crippen molar-refractivity contribution < 1.29 is 22.7 Å². The van der Waals surface area contributed by atoms with Gasteiger partial charge >= 0.3 is 0 Å². The highest BCUT2D eigenvalue weighted by Gasteiger charge is 2.59. The summed E-state index contributed by atoms with van der Waals surface area (Å²) in [5.41, 5.74) is -1.45. The van der Waals surface area contributed by atoms with Gasteiger partial charge in [0.15, 0.2) is 5.60 Å². The van der Waals surface area contributed by atoms with Crippen LogP contribution in [0.5, 0.6) is 0 Å². The number of likely N-dealkylation sites (N-methyl/N-ethyl adjacent to an activating group) is 1. The molecule has 2 N–H and O–H groups in total. The topological polar surface area (TPSA) is 111 Å². The Hall–Kier alpha value is -1.27. The van der Waals surface area contributed by atoms with Crippen molar-refractivity contribution in [1.82, 2.24) is 24.7 Å². The minimum Gasteiger partial charge on any atom is -0.361 e. The molecule has 0 unspecified atom stereocenters. The van der Waals surface area contributed by atoms with Crippen molar-refractivity contribution in [2.45, 2.75) is 12.5 Å². The SMILES string of the molecule is CCN1CCN(CCNC(=O)[C@H]2CN(S(C)(=O)=O)C[C@@]23OCCNC3=O)CC1. The number of morpholine rings is 1. The molecular formula is C17H31N5O5S. The molecule has 3 heterocycles. The Bertz CT molecular complexity index is 694. The van der Waals surface area contributed by atoms with E-state index in [1.165, 1.54) is 0 Å². The number of nitrogens with one attached hydrogen (secondary N) is 2. The molecule has 0 saturated carbocycles. The molecule has 3 aliphatic heterocycles. The van der Waals surface area contributed by atoms with Gasteiger partial charge in [-0.15, -0.1) is 0 Å². The molecule has 3 fully saturated rings. The molecular weight excluding hydrogens is 386 g/mol. The third-order valence-electron chi connectivity index (χ3n) is 5.92. The third-order valence-corrected chi connectivity index (χ3v) is 7.13. The lowest BCUT2D eigenvalue weighted by atomic mass is 9.88. The van der Waals surface area contributed by atoms with Crippen molar-refractivity contribution in [3.8, 4) is 0 Å². The Balaban J connectivity index is 1.59. The highest BCUT2D eigenvalue weighted by atomic mass is 32.2. The van der Waals surface area contributed by atoms with Crippen molar-refractivity contribution in [2.24, 2.45) is 5.92 Å². The number of nitrogens with zero attached hydrogens (tertiary/aromatic N) is 3. The van der Waals surface area contributed by atoms with E-state index in [9.17, 15) is 18.0 Å². The molecule has 11 heteroatoms. The number of carbonyl (C=O) groups excluding carboxylic acids is 2. The first kappa shape index (κ1) is 21.4. The predicted molar refractivity (Wildman–Crippen MR) is 103 cm³/mol. The first-order valence-electron chi connectivity index (χ1n) is 9.86. The summed E-state index contributed by atoms with van der Waals surface area (Å²) in [7, 11) is -3.53. The van der Waals surface area contributed by atoms with Crippen LogP contribution in [0.3, 0.4) is 0 Å². The third kappa shape index (κ3) is 4.48. The predicted octanol–water partition coefficient (Wildman–Crippen LogP) is -2.48. The second-order valence-corrected chi connectivity index (χ2v) is 9.65. The molecule has 160 valence electrons. The fourth-order valence-electron chi connectivity index (χ4n) is 4.11. The summed E-state index contributed by atoms with van der Waals surface area (Å²) >= 11 is 0. The molecule has 0 aromatic heterocycles. The van der Waals surface area contributed by atoms with Gasteiger partial charge in [-0.2, -0.15) is 4.31 Å². The lowest BCUT2D eigenvalue weighted by Gasteiger charge is -2.36. The van der Waals surface area contributed by atoms with Crippen LogP contribution >= 0.6 is 0 Å². The zero-order valence-electron chi connectivity index (χ0n) is 16.6. The van der Waals surface area contributed by atoms with Crippen LogP contribution in [-0.4, -0.2) is 118 Å². The molecule has 0 aliphatic carbocycles. The van der Waals surface area contributed by atoms with E-state index in [1.807, 2.05) is 0 Å². The van der Waals surface area contributed by atoms with Gasteiger partial charge in [0, 0.05) is 52.4 Å². The van der Waals surface area contributed by atoms with Gasteiger partial charge in [0.2, 0.25) is 15.9 Å². The number of carbonyl (C=O) groups is 2. The first-order valence-corrected chi connectivity index (χ1v) is 11.7. The standard InChI is InChI=1S/C17H31N5O5S/c1-3-20-7-9-21(10-8-20)6-4-18-15(23)14-12-22(28(2,25)26)13-17(14)16(24)19-5-11-27-17/h14H,3-13H2,1-2H3,(H,18,23)(H,19,24)/t14-,17-/m1/s1. The second-order valence-electron chi connectivity index (χ2n) is 7.67. The van der Waals surface area contributed by atoms with Gasteiger partial charge in [0.1, 0.15) is 0 Å². The molecule has 28 heavy (non-hydrogen) atoms. The summed E-state index contributed by atoms with van der Waals surface area (Å²) in [6.45, 7) is 8.79. The van der Waals surface area contributed by atoms with Crippen LogP contribution in [0.4, 0.5) is 0 Å². The quantitative estimate of drug-likeness (QED) is 0.492. The summed E-state index contributed by atoms with van der Waals surface area (Å²) in [4.78, 5) is 30.1. The van der Waals surface area contributed by atoms with Gasteiger partial charge in [-0.3, -0.25) is 14.5 Å². The molecule has 3 saturated heterocycles. The van der Waals surface area contributed by atoms with Gasteiger partial charge < -0.3 is 20.3 Å². The average Bonchev–Trinajstić information content (AvgIpc) is 3.05. The van der Waals surface area contributed by atoms with Crippen LogP contribution in [0, 0.1) is 5.92 Å². The summed E-state index contributed by atoms with van der Waals surface area (Å²) in [5.74, 6) is -1.62. The van der Waals surface area contributed by atoms with Gasteiger partial charge in [-0.25, -0.2) is 8.42 Å². The monoisotopic (exact) mass is 417 g/mol. The number of rotatable bonds is 6. The number of ether oxygens (including phenoxy) is 1. The Kier molecular flexibility index (Phi) is 6.60. The van der Waals surface area contributed by atoms with Crippen LogP contribution in [0.1, 0.15) is 6.92 Å². The maximum Gasteiger partial charge on any atom is 0.254 e. The Morgan fingerprint density at radius 2 is 1.96 bits per heavy atom. The summed E-state index contributed by atoms with van der Waals surface area (Å²) in [5, 5.41) is 5.60. The fraction of sp³-hybridized carbons (Fsp3) is 0.882. The summed E-state index contributed by atoms with van der Waals surface area (Å²) < 4.78 is 30.9. The zero-order chi connectivity index (χ0) is 20.4. The molecule has 10 nitrogen and oxygen atoms in total. The Morgan fingerprint density at radius 3 is 2.57 bits per heavy atom. The maximum absolute atomic E-state index is 12.9. The molecule has 0 aromatic rings. The van der Waals surface area contributed by atoms with Crippen LogP contribution in [0.2, 0.25) is 0 Å². The number of amides is 2. The van der Waals surface area contributed by atoms with E-state index in [0.29, 0.717) is 13.1 Å². The van der Waals surface area contributed by atoms with E-state index in [-0.39, 0.29) is 25.6 Å². The van der Waals surface area contributed by atoms with Crippen LogP contribution in [0.25, 0.3) is 0 Å². The number of hydrogen-bond donors (Lipinski definition) is 2. The van der Waals surface area contributed by atoms with Gasteiger partial charge in [0.25, 0.3) is 5.91 Å². The van der Waals surface area contributed by atoms with E-state index in [2.05, 4.69) is 27.4 Å². The van der Waals surface area contributed by atoms with Gasteiger partial charge in [0.05, 0.1) is 25.3 Å². The molecule has 0 radical (unpaired) electrons. The molecule has 0 bridgehead atoms. The Labute approximate surface area is 166 Å². The summed E-state index contributed by atoms with van der Waals surface area (Å²) in [6.07, 6.45) is 1.08. The summed E-state index contributed by atoms with van der Waals surface area (Å²) in [6, 6.07) is 0. The van der Waals surface area contributed by atoms with Crippen molar-refractivity contribution >= 4 is 21.8 Å². The maximum atomic E-state index is 12.9. The number of hydrogen-bond acceptors (Lipinski definition) is 7. The van der Waals surface area contributed by atoms with E-state index in [1.54, 1.807) is 0 Å². The van der Waals surface area contributed by atoms with Crippen molar-refractivity contribution in [1.29, 1.82) is 0 Å². The average molecular weight is 418 g/mol. The van der Waals surface area contributed by atoms with Gasteiger partial charge in [-0.05, 0) is 6.54 Å². The van der Waals surface area contributed by atoms with Crippen molar-refractivity contribution in [3.63, 3.8) is 0 Å². The minimum absolute atomic E-state index is 0.0484. The van der Waals surface area contributed by atoms with Crippen LogP contribution in [0.15, 0.2) is 0 Å². The highest BCUT2D eigenvalue weighted by molar-refractivity contribution is 7.88. The van der Waals surface area contributed by atoms with Gasteiger partial charge in [-0.1, -0.05) is 6.92 Å². The van der Waals surface area contributed by atoms with E-state index in [4.69, 9.17) is 4.74 Å². The molecule has 2 atom stereocenters. The lowest BCUT2D eigenvalue weighted by Crippen LogP contribution is -2.62. The highest BCUT2D eigenvalue weighted by Crippen LogP contribution is 2.34. The van der Waals surface area contributed by atoms with Crippen molar-refractivity contribution in [3.05, 3.63) is 0 Å². The minimum atomic E-state index is -3.53. The molecule has 3 rings (SSSR count). The van der Waals surface area contributed by atoms with E-state index < -0.39 is 27.4 Å². The molecule has 1 spiro atoms. The molecule has 3 aliphatic rings. The van der Waals surface area contributed by atoms with E-state index >= 15 is 0 Å².